The molecule has 2 aromatic rings. The summed E-state index contributed by atoms with van der Waals surface area (Å²) in [5, 5.41) is 5.54. The summed E-state index contributed by atoms with van der Waals surface area (Å²) < 4.78 is 31.5. The first-order valence-electron chi connectivity index (χ1n) is 9.32. The van der Waals surface area contributed by atoms with Crippen molar-refractivity contribution in [2.75, 3.05) is 29.0 Å². The first kappa shape index (κ1) is 21.9. The molecule has 2 amide bonds. The number of rotatable bonds is 5. The normalized spacial score (nSPS) is 15.3. The molecule has 30 heavy (non-hydrogen) atoms. The van der Waals surface area contributed by atoms with Crippen LogP contribution in [0.1, 0.15) is 18.4 Å². The number of ether oxygens (including phenoxy) is 1. The number of hydrogen-bond donors (Lipinski definition) is 2. The molecule has 1 heterocycles. The third-order valence-corrected chi connectivity index (χ3v) is 6.69. The minimum absolute atomic E-state index is 0.0542. The first-order valence-corrected chi connectivity index (χ1v) is 11.3. The summed E-state index contributed by atoms with van der Waals surface area (Å²) in [6.45, 7) is 0.475. The molecule has 0 saturated carbocycles. The van der Waals surface area contributed by atoms with Gasteiger partial charge in [0.15, 0.2) is 0 Å². The van der Waals surface area contributed by atoms with Crippen LogP contribution < -0.4 is 19.7 Å². The Kier molecular flexibility index (Phi) is 6.84. The average molecular weight is 452 g/mol. The molecule has 0 unspecified atom stereocenters. The van der Waals surface area contributed by atoms with E-state index in [1.807, 2.05) is 0 Å². The fourth-order valence-electron chi connectivity index (χ4n) is 3.12. The standard InChI is InChI=1S/C20H22ClN3O5S/c1-29-18-8-7-16(12-17(18)24-9-2-3-10-30(24,27)28)23-20(26)19(25)22-13-14-5-4-6-15(21)11-14/h4-8,11-12H,2-3,9-10,13H2,1H3,(H,22,25)(H,23,26). The zero-order valence-electron chi connectivity index (χ0n) is 16.4. The van der Waals surface area contributed by atoms with Crippen LogP contribution >= 0.6 is 11.6 Å². The largest absolute Gasteiger partial charge is 0.495 e. The molecule has 2 N–H and O–H groups in total. The second kappa shape index (κ2) is 9.36. The number of anilines is 2. The van der Waals surface area contributed by atoms with Crippen molar-refractivity contribution in [2.45, 2.75) is 19.4 Å². The Morgan fingerprint density at radius 3 is 2.63 bits per heavy atom. The molecular weight excluding hydrogens is 430 g/mol. The molecule has 0 aromatic heterocycles. The van der Waals surface area contributed by atoms with E-state index >= 15 is 0 Å². The lowest BCUT2D eigenvalue weighted by Gasteiger charge is -2.29. The Morgan fingerprint density at radius 2 is 1.93 bits per heavy atom. The molecule has 160 valence electrons. The number of methoxy groups -OCH3 is 1. The number of amides is 2. The van der Waals surface area contributed by atoms with Gasteiger partial charge in [-0.15, -0.1) is 0 Å². The maximum Gasteiger partial charge on any atom is 0.313 e. The minimum Gasteiger partial charge on any atom is -0.495 e. The summed E-state index contributed by atoms with van der Waals surface area (Å²) in [6, 6.07) is 11.5. The highest BCUT2D eigenvalue weighted by molar-refractivity contribution is 7.92. The van der Waals surface area contributed by atoms with Crippen LogP contribution in [0.5, 0.6) is 5.75 Å². The van der Waals surface area contributed by atoms with Crippen molar-refractivity contribution in [1.29, 1.82) is 0 Å². The zero-order chi connectivity index (χ0) is 21.7. The van der Waals surface area contributed by atoms with E-state index < -0.39 is 21.8 Å². The van der Waals surface area contributed by atoms with Crippen LogP contribution in [0.25, 0.3) is 0 Å². The summed E-state index contributed by atoms with van der Waals surface area (Å²) in [6.07, 6.45) is 1.33. The van der Waals surface area contributed by atoms with Gasteiger partial charge in [-0.25, -0.2) is 8.42 Å². The first-order chi connectivity index (χ1) is 14.3. The Balaban J connectivity index is 1.71. The summed E-state index contributed by atoms with van der Waals surface area (Å²) >= 11 is 5.90. The van der Waals surface area contributed by atoms with Crippen molar-refractivity contribution in [3.63, 3.8) is 0 Å². The minimum atomic E-state index is -3.46. The van der Waals surface area contributed by atoms with E-state index in [2.05, 4.69) is 10.6 Å². The molecule has 0 radical (unpaired) electrons. The number of nitrogens with one attached hydrogen (secondary N) is 2. The lowest BCUT2D eigenvalue weighted by molar-refractivity contribution is -0.136. The SMILES string of the molecule is COc1ccc(NC(=O)C(=O)NCc2cccc(Cl)c2)cc1N1CCCCS1(=O)=O. The van der Waals surface area contributed by atoms with Crippen molar-refractivity contribution in [3.05, 3.63) is 53.1 Å². The molecule has 1 fully saturated rings. The highest BCUT2D eigenvalue weighted by Crippen LogP contribution is 2.35. The maximum absolute atomic E-state index is 12.4. The van der Waals surface area contributed by atoms with Crippen LogP contribution in [0.15, 0.2) is 42.5 Å². The third kappa shape index (κ3) is 5.22. The smallest absolute Gasteiger partial charge is 0.313 e. The summed E-state index contributed by atoms with van der Waals surface area (Å²) in [7, 11) is -2.02. The number of halogens is 1. The summed E-state index contributed by atoms with van der Waals surface area (Å²) in [4.78, 5) is 24.4. The van der Waals surface area contributed by atoms with E-state index in [9.17, 15) is 18.0 Å². The Morgan fingerprint density at radius 1 is 1.13 bits per heavy atom. The van der Waals surface area contributed by atoms with Gasteiger partial charge in [-0.3, -0.25) is 13.9 Å². The number of carbonyl (C=O) groups excluding carboxylic acids is 2. The highest BCUT2D eigenvalue weighted by Gasteiger charge is 2.28. The van der Waals surface area contributed by atoms with Crippen LogP contribution in [-0.2, 0) is 26.2 Å². The molecule has 0 aliphatic carbocycles. The van der Waals surface area contributed by atoms with Crippen molar-refractivity contribution in [2.24, 2.45) is 0 Å². The van der Waals surface area contributed by atoms with Gasteiger partial charge in [0.2, 0.25) is 10.0 Å². The number of sulfonamides is 1. The highest BCUT2D eigenvalue weighted by atomic mass is 35.5. The van der Waals surface area contributed by atoms with Crippen molar-refractivity contribution in [3.8, 4) is 5.75 Å². The zero-order valence-corrected chi connectivity index (χ0v) is 17.9. The monoisotopic (exact) mass is 451 g/mol. The van der Waals surface area contributed by atoms with Crippen molar-refractivity contribution in [1.82, 2.24) is 5.32 Å². The molecule has 3 rings (SSSR count). The average Bonchev–Trinajstić information content (AvgIpc) is 2.71. The predicted octanol–water partition coefficient (Wildman–Crippen LogP) is 2.53. The molecule has 10 heteroatoms. The second-order valence-electron chi connectivity index (χ2n) is 6.75. The fraction of sp³-hybridized carbons (Fsp3) is 0.300. The van der Waals surface area contributed by atoms with Gasteiger partial charge in [0.1, 0.15) is 5.75 Å². The Bertz CT molecular complexity index is 1060. The van der Waals surface area contributed by atoms with Gasteiger partial charge in [0.05, 0.1) is 18.6 Å². The number of benzene rings is 2. The van der Waals surface area contributed by atoms with E-state index in [1.165, 1.54) is 17.5 Å². The molecular formula is C20H22ClN3O5S. The lowest BCUT2D eigenvalue weighted by Crippen LogP contribution is -2.38. The fourth-order valence-corrected chi connectivity index (χ4v) is 4.97. The van der Waals surface area contributed by atoms with E-state index in [-0.39, 0.29) is 18.0 Å². The molecule has 1 aliphatic rings. The van der Waals surface area contributed by atoms with Gasteiger partial charge in [0.25, 0.3) is 0 Å². The van der Waals surface area contributed by atoms with Gasteiger partial charge < -0.3 is 15.4 Å². The van der Waals surface area contributed by atoms with E-state index in [0.717, 1.165) is 12.0 Å². The van der Waals surface area contributed by atoms with E-state index in [4.69, 9.17) is 16.3 Å². The third-order valence-electron chi connectivity index (χ3n) is 4.60. The quantitative estimate of drug-likeness (QED) is 0.679. The molecule has 1 saturated heterocycles. The Labute approximate surface area is 180 Å². The van der Waals surface area contributed by atoms with Gasteiger partial charge in [0, 0.05) is 23.8 Å². The van der Waals surface area contributed by atoms with Gasteiger partial charge in [-0.05, 0) is 48.7 Å². The molecule has 0 spiro atoms. The molecule has 1 aliphatic heterocycles. The van der Waals surface area contributed by atoms with Crippen LogP contribution in [0.2, 0.25) is 5.02 Å². The number of hydrogen-bond acceptors (Lipinski definition) is 5. The lowest BCUT2D eigenvalue weighted by atomic mass is 10.2. The molecule has 8 nitrogen and oxygen atoms in total. The van der Waals surface area contributed by atoms with E-state index in [0.29, 0.717) is 29.4 Å². The number of nitrogens with zero attached hydrogens (tertiary/aromatic N) is 1. The number of carbonyl (C=O) groups is 2. The van der Waals surface area contributed by atoms with Crippen LogP contribution in [0.3, 0.4) is 0 Å². The van der Waals surface area contributed by atoms with Crippen molar-refractivity contribution >= 4 is 44.8 Å². The molecule has 2 aromatic carbocycles. The van der Waals surface area contributed by atoms with Crippen LogP contribution in [0, 0.1) is 0 Å². The Hall–Kier alpha value is -2.78. The van der Waals surface area contributed by atoms with Crippen molar-refractivity contribution < 1.29 is 22.7 Å². The van der Waals surface area contributed by atoms with Crippen LogP contribution in [0.4, 0.5) is 11.4 Å². The van der Waals surface area contributed by atoms with Crippen LogP contribution in [-0.4, -0.2) is 39.6 Å². The van der Waals surface area contributed by atoms with Gasteiger partial charge in [-0.2, -0.15) is 0 Å². The summed E-state index contributed by atoms with van der Waals surface area (Å²) in [5.41, 5.74) is 1.37. The maximum atomic E-state index is 12.4. The van der Waals surface area contributed by atoms with E-state index in [1.54, 1.807) is 36.4 Å². The van der Waals surface area contributed by atoms with Gasteiger partial charge in [-0.1, -0.05) is 23.7 Å². The summed E-state index contributed by atoms with van der Waals surface area (Å²) in [5.74, 6) is -1.27. The van der Waals surface area contributed by atoms with Gasteiger partial charge >= 0.3 is 11.8 Å². The molecule has 0 bridgehead atoms. The topological polar surface area (TPSA) is 105 Å². The molecule has 0 atom stereocenters. The predicted molar refractivity (Wildman–Crippen MR) is 115 cm³/mol. The second-order valence-corrected chi connectivity index (χ2v) is 9.20.